The predicted molar refractivity (Wildman–Crippen MR) is 145 cm³/mol. The van der Waals surface area contributed by atoms with Crippen LogP contribution in [0, 0.1) is 0 Å². The van der Waals surface area contributed by atoms with Gasteiger partial charge in [-0.1, -0.05) is 109 Å². The van der Waals surface area contributed by atoms with Crippen molar-refractivity contribution in [2.45, 2.75) is 0 Å². The lowest BCUT2D eigenvalue weighted by molar-refractivity contribution is 1.37. The molecule has 0 aliphatic heterocycles. The van der Waals surface area contributed by atoms with Crippen LogP contribution in [0.15, 0.2) is 128 Å². The molecule has 1 nitrogen and oxygen atoms in total. The van der Waals surface area contributed by atoms with Gasteiger partial charge >= 0.3 is 0 Å². The monoisotopic (exact) mass is 431 g/mol. The molecular formula is C33H21N. The summed E-state index contributed by atoms with van der Waals surface area (Å²) in [5, 5.41) is 9.94. The number of fused-ring (bicyclic) bond motifs is 4. The molecule has 0 radical (unpaired) electrons. The third kappa shape index (κ3) is 2.84. The number of hydrogen-bond acceptors (Lipinski definition) is 1. The number of benzene rings is 6. The first-order valence-electron chi connectivity index (χ1n) is 11.6. The summed E-state index contributed by atoms with van der Waals surface area (Å²) in [6, 6.07) is 41.5. The zero-order chi connectivity index (χ0) is 22.5. The van der Waals surface area contributed by atoms with E-state index in [4.69, 9.17) is 0 Å². The topological polar surface area (TPSA) is 12.9 Å². The van der Waals surface area contributed by atoms with E-state index in [2.05, 4.69) is 120 Å². The van der Waals surface area contributed by atoms with Gasteiger partial charge in [-0.05, 0) is 60.5 Å². The first-order valence-corrected chi connectivity index (χ1v) is 11.6. The third-order valence-electron chi connectivity index (χ3n) is 6.91. The molecule has 0 amide bonds. The number of nitrogens with zero attached hydrogens (tertiary/aromatic N) is 1. The standard InChI is InChI=1S/C33H21N/c1-2-10-23-19-24(18-17-22(23)9-1)32-27-13-5-7-15-29(27)33(30-16-8-6-14-28(30)32)31-21-34-20-25-11-3-4-12-26(25)31/h1-21H. The smallest absolute Gasteiger partial charge is 0.0353 e. The van der Waals surface area contributed by atoms with Gasteiger partial charge < -0.3 is 0 Å². The maximum Gasteiger partial charge on any atom is 0.0353 e. The van der Waals surface area contributed by atoms with Crippen molar-refractivity contribution in [2.75, 3.05) is 0 Å². The van der Waals surface area contributed by atoms with Gasteiger partial charge in [-0.15, -0.1) is 0 Å². The van der Waals surface area contributed by atoms with Gasteiger partial charge in [0, 0.05) is 23.3 Å². The minimum atomic E-state index is 1.16. The van der Waals surface area contributed by atoms with E-state index in [0.29, 0.717) is 0 Å². The number of rotatable bonds is 2. The van der Waals surface area contributed by atoms with Crippen LogP contribution in [-0.4, -0.2) is 4.98 Å². The summed E-state index contributed by atoms with van der Waals surface area (Å²) in [7, 11) is 0. The number of aromatic nitrogens is 1. The van der Waals surface area contributed by atoms with Crippen LogP contribution in [0.4, 0.5) is 0 Å². The summed E-state index contributed by atoms with van der Waals surface area (Å²) >= 11 is 0. The highest BCUT2D eigenvalue weighted by molar-refractivity contribution is 6.23. The van der Waals surface area contributed by atoms with Gasteiger partial charge in [0.2, 0.25) is 0 Å². The second-order valence-electron chi connectivity index (χ2n) is 8.81. The van der Waals surface area contributed by atoms with Crippen molar-refractivity contribution in [2.24, 2.45) is 0 Å². The van der Waals surface area contributed by atoms with Crippen LogP contribution in [0.25, 0.3) is 65.3 Å². The second-order valence-corrected chi connectivity index (χ2v) is 8.81. The third-order valence-corrected chi connectivity index (χ3v) is 6.91. The maximum absolute atomic E-state index is 4.62. The van der Waals surface area contributed by atoms with Gasteiger partial charge in [0.15, 0.2) is 0 Å². The largest absolute Gasteiger partial charge is 0.263 e. The minimum absolute atomic E-state index is 1.16. The van der Waals surface area contributed by atoms with Crippen molar-refractivity contribution < 1.29 is 0 Å². The molecule has 1 heterocycles. The zero-order valence-electron chi connectivity index (χ0n) is 18.6. The Morgan fingerprint density at radius 3 is 1.59 bits per heavy atom. The lowest BCUT2D eigenvalue weighted by Gasteiger charge is -2.18. The Balaban J connectivity index is 1.66. The summed E-state index contributed by atoms with van der Waals surface area (Å²) in [4.78, 5) is 4.62. The average molecular weight is 432 g/mol. The van der Waals surface area contributed by atoms with Gasteiger partial charge in [0.05, 0.1) is 0 Å². The van der Waals surface area contributed by atoms with E-state index in [1.54, 1.807) is 0 Å². The van der Waals surface area contributed by atoms with Crippen molar-refractivity contribution >= 4 is 43.1 Å². The molecule has 7 aromatic rings. The highest BCUT2D eigenvalue weighted by Crippen LogP contribution is 2.45. The van der Waals surface area contributed by atoms with Crippen molar-refractivity contribution in [3.8, 4) is 22.3 Å². The summed E-state index contributed by atoms with van der Waals surface area (Å²) in [5.41, 5.74) is 4.96. The van der Waals surface area contributed by atoms with Crippen LogP contribution in [0.5, 0.6) is 0 Å². The van der Waals surface area contributed by atoms with E-state index in [9.17, 15) is 0 Å². The van der Waals surface area contributed by atoms with Crippen LogP contribution < -0.4 is 0 Å². The molecule has 7 rings (SSSR count). The van der Waals surface area contributed by atoms with Crippen molar-refractivity contribution in [3.05, 3.63) is 128 Å². The molecule has 0 bridgehead atoms. The van der Waals surface area contributed by atoms with Crippen LogP contribution in [0.1, 0.15) is 0 Å². The molecule has 6 aromatic carbocycles. The first-order chi connectivity index (χ1) is 16.9. The van der Waals surface area contributed by atoms with Gasteiger partial charge in [0.1, 0.15) is 0 Å². The normalized spacial score (nSPS) is 11.5. The number of pyridine rings is 1. The van der Waals surface area contributed by atoms with Crippen LogP contribution in [0.3, 0.4) is 0 Å². The molecule has 0 aliphatic rings. The summed E-state index contributed by atoms with van der Waals surface area (Å²) in [6.07, 6.45) is 3.97. The van der Waals surface area contributed by atoms with E-state index in [-0.39, 0.29) is 0 Å². The van der Waals surface area contributed by atoms with Gasteiger partial charge in [-0.25, -0.2) is 0 Å². The molecule has 158 valence electrons. The highest BCUT2D eigenvalue weighted by atomic mass is 14.6. The Morgan fingerprint density at radius 2 is 0.912 bits per heavy atom. The molecule has 0 atom stereocenters. The molecule has 0 saturated carbocycles. The Kier molecular flexibility index (Phi) is 4.22. The second kappa shape index (κ2) is 7.54. The lowest BCUT2D eigenvalue weighted by atomic mass is 9.85. The fourth-order valence-electron chi connectivity index (χ4n) is 5.39. The Morgan fingerprint density at radius 1 is 0.382 bits per heavy atom. The molecule has 0 N–H and O–H groups in total. The van der Waals surface area contributed by atoms with Crippen LogP contribution in [-0.2, 0) is 0 Å². The molecule has 34 heavy (non-hydrogen) atoms. The molecular weight excluding hydrogens is 410 g/mol. The predicted octanol–water partition coefficient (Wildman–Crippen LogP) is 9.03. The summed E-state index contributed by atoms with van der Waals surface area (Å²) < 4.78 is 0. The van der Waals surface area contributed by atoms with E-state index < -0.39 is 0 Å². The van der Waals surface area contributed by atoms with Crippen molar-refractivity contribution in [3.63, 3.8) is 0 Å². The molecule has 1 aromatic heterocycles. The zero-order valence-corrected chi connectivity index (χ0v) is 18.6. The molecule has 0 fully saturated rings. The summed E-state index contributed by atoms with van der Waals surface area (Å²) in [5.74, 6) is 0. The maximum atomic E-state index is 4.62. The molecule has 1 heteroatoms. The molecule has 0 spiro atoms. The van der Waals surface area contributed by atoms with Crippen LogP contribution >= 0.6 is 0 Å². The van der Waals surface area contributed by atoms with Crippen molar-refractivity contribution in [1.82, 2.24) is 4.98 Å². The van der Waals surface area contributed by atoms with E-state index >= 15 is 0 Å². The lowest BCUT2D eigenvalue weighted by Crippen LogP contribution is -1.92. The van der Waals surface area contributed by atoms with E-state index in [0.717, 1.165) is 5.39 Å². The highest BCUT2D eigenvalue weighted by Gasteiger charge is 2.18. The fraction of sp³-hybridized carbons (Fsp3) is 0. The number of hydrogen-bond donors (Lipinski definition) is 0. The molecule has 0 aliphatic carbocycles. The van der Waals surface area contributed by atoms with Gasteiger partial charge in [-0.3, -0.25) is 4.98 Å². The average Bonchev–Trinajstić information content (AvgIpc) is 2.91. The van der Waals surface area contributed by atoms with E-state index in [1.807, 2.05) is 12.4 Å². The first kappa shape index (κ1) is 19.0. The van der Waals surface area contributed by atoms with Crippen molar-refractivity contribution in [1.29, 1.82) is 0 Å². The van der Waals surface area contributed by atoms with Crippen LogP contribution in [0.2, 0.25) is 0 Å². The SMILES string of the molecule is c1ccc2cc(-c3c4ccccc4c(-c4cncc5ccccc45)c4ccccc34)ccc2c1. The summed E-state index contributed by atoms with van der Waals surface area (Å²) in [6.45, 7) is 0. The van der Waals surface area contributed by atoms with Gasteiger partial charge in [-0.2, -0.15) is 0 Å². The Hall–Kier alpha value is -4.49. The van der Waals surface area contributed by atoms with E-state index in [1.165, 1.54) is 60.0 Å². The Bertz CT molecular complexity index is 1800. The Labute approximate surface area is 197 Å². The quantitative estimate of drug-likeness (QED) is 0.249. The minimum Gasteiger partial charge on any atom is -0.263 e. The fourth-order valence-corrected chi connectivity index (χ4v) is 5.39. The molecule has 0 unspecified atom stereocenters. The molecule has 0 saturated heterocycles. The van der Waals surface area contributed by atoms with Gasteiger partial charge in [0.25, 0.3) is 0 Å².